The molecule has 0 aliphatic carbocycles. The molecule has 0 unspecified atom stereocenters. The van der Waals surface area contributed by atoms with Crippen LogP contribution in [0.5, 0.6) is 5.75 Å². The SMILES string of the molecule is Cc1cccc(C(=O)N2CCOc3ccc(-c4ccc(N)nc4)cc3C2)c1. The number of fused-ring (bicyclic) bond motifs is 1. The van der Waals surface area contributed by atoms with Crippen LogP contribution in [0.2, 0.25) is 0 Å². The van der Waals surface area contributed by atoms with Crippen LogP contribution in [0, 0.1) is 6.92 Å². The molecule has 1 aliphatic heterocycles. The molecule has 0 radical (unpaired) electrons. The van der Waals surface area contributed by atoms with E-state index in [1.54, 1.807) is 12.3 Å². The third-order valence-electron chi connectivity index (χ3n) is 4.71. The number of rotatable bonds is 2. The Morgan fingerprint density at radius 1 is 1.11 bits per heavy atom. The fourth-order valence-corrected chi connectivity index (χ4v) is 3.28. The van der Waals surface area contributed by atoms with Crippen LogP contribution >= 0.6 is 0 Å². The minimum atomic E-state index is 0.0229. The highest BCUT2D eigenvalue weighted by molar-refractivity contribution is 5.94. The third kappa shape index (κ3) is 3.62. The van der Waals surface area contributed by atoms with E-state index in [-0.39, 0.29) is 5.91 Å². The van der Waals surface area contributed by atoms with Gasteiger partial charge >= 0.3 is 0 Å². The van der Waals surface area contributed by atoms with Crippen LogP contribution in [0.25, 0.3) is 11.1 Å². The lowest BCUT2D eigenvalue weighted by molar-refractivity contribution is 0.0733. The molecule has 2 heterocycles. The molecule has 5 heteroatoms. The average Bonchev–Trinajstić information content (AvgIpc) is 2.90. The summed E-state index contributed by atoms with van der Waals surface area (Å²) in [5.74, 6) is 1.34. The van der Waals surface area contributed by atoms with Gasteiger partial charge < -0.3 is 15.4 Å². The number of pyridine rings is 1. The van der Waals surface area contributed by atoms with E-state index < -0.39 is 0 Å². The van der Waals surface area contributed by atoms with Gasteiger partial charge in [0.05, 0.1) is 6.54 Å². The molecule has 1 amide bonds. The summed E-state index contributed by atoms with van der Waals surface area (Å²) in [6.45, 7) is 3.54. The highest BCUT2D eigenvalue weighted by Gasteiger charge is 2.21. The number of benzene rings is 2. The van der Waals surface area contributed by atoms with Gasteiger partial charge in [0.2, 0.25) is 0 Å². The molecule has 2 N–H and O–H groups in total. The topological polar surface area (TPSA) is 68.5 Å². The highest BCUT2D eigenvalue weighted by Crippen LogP contribution is 2.29. The van der Waals surface area contributed by atoms with Crippen LogP contribution in [0.1, 0.15) is 21.5 Å². The number of nitrogen functional groups attached to an aromatic ring is 1. The van der Waals surface area contributed by atoms with Crippen molar-refractivity contribution in [1.29, 1.82) is 0 Å². The summed E-state index contributed by atoms with van der Waals surface area (Å²) >= 11 is 0. The number of carbonyl (C=O) groups is 1. The molecule has 136 valence electrons. The molecule has 2 aromatic carbocycles. The number of anilines is 1. The minimum Gasteiger partial charge on any atom is -0.491 e. The Labute approximate surface area is 158 Å². The number of aryl methyl sites for hydroxylation is 1. The number of carbonyl (C=O) groups excluding carboxylic acids is 1. The number of hydrogen-bond donors (Lipinski definition) is 1. The first-order valence-corrected chi connectivity index (χ1v) is 8.94. The smallest absolute Gasteiger partial charge is 0.254 e. The van der Waals surface area contributed by atoms with Gasteiger partial charge in [-0.3, -0.25) is 4.79 Å². The maximum absolute atomic E-state index is 13.0. The number of ether oxygens (including phenoxy) is 1. The fraction of sp³-hybridized carbons (Fsp3) is 0.182. The van der Waals surface area contributed by atoms with E-state index >= 15 is 0 Å². The minimum absolute atomic E-state index is 0.0229. The standard InChI is InChI=1S/C22H21N3O2/c1-15-3-2-4-17(11-15)22(26)25-9-10-27-20-7-5-16(12-19(20)14-25)18-6-8-21(23)24-13-18/h2-8,11-13H,9-10,14H2,1H3,(H2,23,24). The summed E-state index contributed by atoms with van der Waals surface area (Å²) in [7, 11) is 0. The Hall–Kier alpha value is -3.34. The first kappa shape index (κ1) is 17.1. The van der Waals surface area contributed by atoms with E-state index in [0.29, 0.717) is 31.1 Å². The predicted octanol–water partition coefficient (Wildman–Crippen LogP) is 3.67. The number of nitrogens with zero attached hydrogens (tertiary/aromatic N) is 2. The summed E-state index contributed by atoms with van der Waals surface area (Å²) < 4.78 is 5.87. The van der Waals surface area contributed by atoms with Crippen molar-refractivity contribution >= 4 is 11.7 Å². The Kier molecular flexibility index (Phi) is 4.50. The Bertz CT molecular complexity index is 983. The molecule has 0 fully saturated rings. The molecular weight excluding hydrogens is 338 g/mol. The van der Waals surface area contributed by atoms with Gasteiger partial charge in [0, 0.05) is 29.4 Å². The molecule has 0 saturated carbocycles. The van der Waals surface area contributed by atoms with Gasteiger partial charge in [0.25, 0.3) is 5.91 Å². The number of aromatic nitrogens is 1. The van der Waals surface area contributed by atoms with Gasteiger partial charge in [-0.2, -0.15) is 0 Å². The average molecular weight is 359 g/mol. The van der Waals surface area contributed by atoms with Crippen molar-refractivity contribution in [2.75, 3.05) is 18.9 Å². The maximum Gasteiger partial charge on any atom is 0.254 e. The number of hydrogen-bond acceptors (Lipinski definition) is 4. The van der Waals surface area contributed by atoms with Crippen LogP contribution < -0.4 is 10.5 Å². The fourth-order valence-electron chi connectivity index (χ4n) is 3.28. The molecular formula is C22H21N3O2. The quantitative estimate of drug-likeness (QED) is 0.758. The second-order valence-electron chi connectivity index (χ2n) is 6.74. The van der Waals surface area contributed by atoms with Gasteiger partial charge in [-0.05, 0) is 48.9 Å². The normalized spacial score (nSPS) is 13.4. The van der Waals surface area contributed by atoms with Crippen molar-refractivity contribution in [3.63, 3.8) is 0 Å². The Morgan fingerprint density at radius 3 is 2.74 bits per heavy atom. The second kappa shape index (κ2) is 7.11. The van der Waals surface area contributed by atoms with E-state index in [1.165, 1.54) is 0 Å². The molecule has 1 aliphatic rings. The van der Waals surface area contributed by atoms with Crippen molar-refractivity contribution in [3.8, 4) is 16.9 Å². The van der Waals surface area contributed by atoms with E-state index in [0.717, 1.165) is 28.0 Å². The van der Waals surface area contributed by atoms with Gasteiger partial charge in [0.1, 0.15) is 18.2 Å². The lowest BCUT2D eigenvalue weighted by Crippen LogP contribution is -2.32. The van der Waals surface area contributed by atoms with E-state index in [2.05, 4.69) is 11.1 Å². The largest absolute Gasteiger partial charge is 0.491 e. The number of amides is 1. The molecule has 4 rings (SSSR count). The Morgan fingerprint density at radius 2 is 1.96 bits per heavy atom. The predicted molar refractivity (Wildman–Crippen MR) is 105 cm³/mol. The first-order valence-electron chi connectivity index (χ1n) is 8.94. The second-order valence-corrected chi connectivity index (χ2v) is 6.74. The van der Waals surface area contributed by atoms with Gasteiger partial charge in [-0.15, -0.1) is 0 Å². The number of nitrogens with two attached hydrogens (primary N) is 1. The molecule has 1 aromatic heterocycles. The monoisotopic (exact) mass is 359 g/mol. The zero-order valence-corrected chi connectivity index (χ0v) is 15.2. The van der Waals surface area contributed by atoms with Crippen LogP contribution in [-0.4, -0.2) is 28.9 Å². The van der Waals surface area contributed by atoms with Crippen molar-refractivity contribution in [3.05, 3.63) is 77.5 Å². The lowest BCUT2D eigenvalue weighted by Gasteiger charge is -2.20. The van der Waals surface area contributed by atoms with Gasteiger partial charge in [-0.1, -0.05) is 23.8 Å². The molecule has 0 bridgehead atoms. The summed E-state index contributed by atoms with van der Waals surface area (Å²) in [6, 6.07) is 17.4. The zero-order valence-electron chi connectivity index (χ0n) is 15.2. The van der Waals surface area contributed by atoms with E-state index in [1.807, 2.05) is 54.3 Å². The van der Waals surface area contributed by atoms with Gasteiger partial charge in [-0.25, -0.2) is 4.98 Å². The van der Waals surface area contributed by atoms with E-state index in [4.69, 9.17) is 10.5 Å². The van der Waals surface area contributed by atoms with Crippen molar-refractivity contribution in [2.24, 2.45) is 0 Å². The van der Waals surface area contributed by atoms with Crippen LogP contribution in [0.3, 0.4) is 0 Å². The van der Waals surface area contributed by atoms with Crippen LogP contribution in [0.4, 0.5) is 5.82 Å². The van der Waals surface area contributed by atoms with Gasteiger partial charge in [0.15, 0.2) is 0 Å². The van der Waals surface area contributed by atoms with Crippen LogP contribution in [0.15, 0.2) is 60.8 Å². The molecule has 0 saturated heterocycles. The summed E-state index contributed by atoms with van der Waals surface area (Å²) in [5, 5.41) is 0. The third-order valence-corrected chi connectivity index (χ3v) is 4.71. The first-order chi connectivity index (χ1) is 13.1. The Balaban J connectivity index is 1.63. The molecule has 27 heavy (non-hydrogen) atoms. The zero-order chi connectivity index (χ0) is 18.8. The summed E-state index contributed by atoms with van der Waals surface area (Å²) in [4.78, 5) is 19.0. The van der Waals surface area contributed by atoms with Crippen molar-refractivity contribution in [2.45, 2.75) is 13.5 Å². The summed E-state index contributed by atoms with van der Waals surface area (Å²) in [6.07, 6.45) is 1.75. The van der Waals surface area contributed by atoms with Crippen molar-refractivity contribution < 1.29 is 9.53 Å². The van der Waals surface area contributed by atoms with Crippen LogP contribution in [-0.2, 0) is 6.54 Å². The summed E-state index contributed by atoms with van der Waals surface area (Å²) in [5.41, 5.74) is 10.4. The molecule has 3 aromatic rings. The molecule has 5 nitrogen and oxygen atoms in total. The van der Waals surface area contributed by atoms with E-state index in [9.17, 15) is 4.79 Å². The van der Waals surface area contributed by atoms with Crippen molar-refractivity contribution in [1.82, 2.24) is 9.88 Å². The molecule has 0 spiro atoms. The maximum atomic E-state index is 13.0. The lowest BCUT2D eigenvalue weighted by atomic mass is 10.0. The molecule has 0 atom stereocenters. The highest BCUT2D eigenvalue weighted by atomic mass is 16.5.